The first-order valence-corrected chi connectivity index (χ1v) is 17.4. The number of aryl methyl sites for hydroxylation is 2. The van der Waals surface area contributed by atoms with E-state index in [-0.39, 0.29) is 37.2 Å². The van der Waals surface area contributed by atoms with Crippen molar-refractivity contribution in [2.24, 2.45) is 0 Å². The van der Waals surface area contributed by atoms with Crippen molar-refractivity contribution < 1.29 is 29.4 Å². The molecule has 1 saturated heterocycles. The lowest BCUT2D eigenvalue weighted by Gasteiger charge is -2.33. The minimum Gasteiger partial charge on any atom is -0.480 e. The van der Waals surface area contributed by atoms with Crippen molar-refractivity contribution in [3.8, 4) is 0 Å². The maximum atomic E-state index is 13.2. The molecule has 2 aromatic carbocycles. The number of carboxylic acid groups (broad SMARTS) is 2. The summed E-state index contributed by atoms with van der Waals surface area (Å²) in [6.45, 7) is 10.1. The molecule has 11 nitrogen and oxygen atoms in total. The first-order chi connectivity index (χ1) is 23.1. The summed E-state index contributed by atoms with van der Waals surface area (Å²) in [7, 11) is 0. The standard InChI is InChI=1S/C37H55N5O6/c1-3-35(44)34(17-15-30-8-6-5-7-9-30)38-26-32-12-10-31(11-13-32)14-16-33(43)27-40-22-24-41(28-36(45)46)20-18-39(4-2)19-21-42(25-23-40)29-37(47)48/h5-13,34,38H,3-4,14-29H2,1-2H3,(H,45,46)(H,47,48)/t34-/m1/s1. The Kier molecular flexibility index (Phi) is 17.4. The van der Waals surface area contributed by atoms with E-state index in [9.17, 15) is 29.4 Å². The second-order valence-corrected chi connectivity index (χ2v) is 12.7. The normalized spacial score (nSPS) is 16.9. The molecule has 0 unspecified atom stereocenters. The maximum Gasteiger partial charge on any atom is 0.317 e. The molecule has 0 aliphatic carbocycles. The van der Waals surface area contributed by atoms with Gasteiger partial charge in [0.25, 0.3) is 0 Å². The van der Waals surface area contributed by atoms with Gasteiger partial charge in [-0.15, -0.1) is 0 Å². The van der Waals surface area contributed by atoms with Crippen molar-refractivity contribution in [2.45, 2.75) is 58.5 Å². The number of rotatable bonds is 18. The van der Waals surface area contributed by atoms with Crippen LogP contribution in [0.3, 0.4) is 0 Å². The Balaban J connectivity index is 1.53. The van der Waals surface area contributed by atoms with Crippen molar-refractivity contribution in [3.05, 3.63) is 71.3 Å². The lowest BCUT2D eigenvalue weighted by molar-refractivity contribution is -0.139. The average Bonchev–Trinajstić information content (AvgIpc) is 3.07. The highest BCUT2D eigenvalue weighted by molar-refractivity contribution is 5.83. The fourth-order valence-electron chi connectivity index (χ4n) is 6.01. The van der Waals surface area contributed by atoms with Gasteiger partial charge in [0.05, 0.1) is 25.7 Å². The predicted molar refractivity (Wildman–Crippen MR) is 187 cm³/mol. The summed E-state index contributed by atoms with van der Waals surface area (Å²) in [4.78, 5) is 56.9. The van der Waals surface area contributed by atoms with E-state index in [1.807, 2.05) is 64.1 Å². The van der Waals surface area contributed by atoms with Crippen LogP contribution in [0.15, 0.2) is 54.6 Å². The van der Waals surface area contributed by atoms with Crippen molar-refractivity contribution >= 4 is 23.5 Å². The third kappa shape index (κ3) is 15.2. The number of hydrogen-bond acceptors (Lipinski definition) is 9. The Morgan fingerprint density at radius 1 is 0.646 bits per heavy atom. The van der Waals surface area contributed by atoms with Crippen molar-refractivity contribution in [3.63, 3.8) is 0 Å². The smallest absolute Gasteiger partial charge is 0.317 e. The van der Waals surface area contributed by atoms with Crippen LogP contribution in [0.4, 0.5) is 0 Å². The van der Waals surface area contributed by atoms with Gasteiger partial charge in [-0.3, -0.25) is 33.9 Å². The number of benzene rings is 2. The number of carbonyl (C=O) groups excluding carboxylic acids is 2. The third-order valence-corrected chi connectivity index (χ3v) is 9.06. The first kappa shape index (κ1) is 39.0. The van der Waals surface area contributed by atoms with Gasteiger partial charge in [0.1, 0.15) is 11.6 Å². The van der Waals surface area contributed by atoms with E-state index < -0.39 is 11.9 Å². The van der Waals surface area contributed by atoms with E-state index in [1.165, 1.54) is 5.56 Å². The van der Waals surface area contributed by atoms with Gasteiger partial charge in [0, 0.05) is 71.7 Å². The van der Waals surface area contributed by atoms with Crippen LogP contribution in [0.5, 0.6) is 0 Å². The summed E-state index contributed by atoms with van der Waals surface area (Å²) in [6, 6.07) is 18.2. The van der Waals surface area contributed by atoms with Gasteiger partial charge < -0.3 is 20.4 Å². The van der Waals surface area contributed by atoms with Crippen LogP contribution in [0.1, 0.15) is 49.8 Å². The number of nitrogens with zero attached hydrogens (tertiary/aromatic N) is 4. The number of nitrogens with one attached hydrogen (secondary N) is 1. The molecule has 1 fully saturated rings. The number of likely N-dealkylation sites (N-methyl/N-ethyl adjacent to an activating group) is 1. The van der Waals surface area contributed by atoms with E-state index >= 15 is 0 Å². The molecule has 0 aromatic heterocycles. The molecular formula is C37H55N5O6. The largest absolute Gasteiger partial charge is 0.480 e. The van der Waals surface area contributed by atoms with Crippen LogP contribution < -0.4 is 5.32 Å². The predicted octanol–water partition coefficient (Wildman–Crippen LogP) is 2.67. The molecule has 1 aliphatic rings. The minimum absolute atomic E-state index is 0.0563. The highest BCUT2D eigenvalue weighted by Gasteiger charge is 2.20. The Morgan fingerprint density at radius 3 is 1.62 bits per heavy atom. The topological polar surface area (TPSA) is 134 Å². The molecule has 3 N–H and O–H groups in total. The molecule has 2 aromatic rings. The molecule has 0 saturated carbocycles. The van der Waals surface area contributed by atoms with Crippen LogP contribution >= 0.6 is 0 Å². The summed E-state index contributed by atoms with van der Waals surface area (Å²) in [5.41, 5.74) is 3.36. The van der Waals surface area contributed by atoms with Gasteiger partial charge in [-0.2, -0.15) is 0 Å². The molecule has 1 aliphatic heterocycles. The van der Waals surface area contributed by atoms with Crippen molar-refractivity contribution in [2.75, 3.05) is 78.5 Å². The number of hydrogen-bond donors (Lipinski definition) is 3. The molecule has 48 heavy (non-hydrogen) atoms. The van der Waals surface area contributed by atoms with Crippen LogP contribution in [0, 0.1) is 0 Å². The fraction of sp³-hybridized carbons (Fsp3) is 0.568. The molecule has 3 rings (SSSR count). The second kappa shape index (κ2) is 21.5. The number of ketones is 2. The second-order valence-electron chi connectivity index (χ2n) is 12.7. The SMILES string of the molecule is CCC(=O)[C@@H](CCc1ccccc1)NCc1ccc(CCC(=O)CN2CCN(CC(=O)O)CCN(CC)CCN(CC(=O)O)CC2)cc1. The summed E-state index contributed by atoms with van der Waals surface area (Å²) >= 11 is 0. The Hall–Kier alpha value is -3.48. The van der Waals surface area contributed by atoms with Crippen molar-refractivity contribution in [1.29, 1.82) is 0 Å². The molecule has 0 bridgehead atoms. The Morgan fingerprint density at radius 2 is 1.12 bits per heavy atom. The van der Waals surface area contributed by atoms with Crippen LogP contribution in [-0.2, 0) is 38.6 Å². The molecule has 11 heteroatoms. The zero-order valence-corrected chi connectivity index (χ0v) is 28.8. The first-order valence-electron chi connectivity index (χ1n) is 17.4. The molecule has 0 amide bonds. The molecular weight excluding hydrogens is 610 g/mol. The number of Topliss-reactive ketones (excluding diaryl/α,β-unsaturated/α-hetero) is 2. The monoisotopic (exact) mass is 665 g/mol. The lowest BCUT2D eigenvalue weighted by atomic mass is 10.0. The van der Waals surface area contributed by atoms with Gasteiger partial charge in [-0.1, -0.05) is 68.4 Å². The third-order valence-electron chi connectivity index (χ3n) is 9.06. The fourth-order valence-corrected chi connectivity index (χ4v) is 6.01. The zero-order chi connectivity index (χ0) is 34.7. The van der Waals surface area contributed by atoms with Gasteiger partial charge in [-0.05, 0) is 42.5 Å². The number of carbonyl (C=O) groups is 4. The average molecular weight is 666 g/mol. The maximum absolute atomic E-state index is 13.2. The van der Waals surface area contributed by atoms with Gasteiger partial charge in [-0.25, -0.2) is 0 Å². The quantitative estimate of drug-likeness (QED) is 0.217. The van der Waals surface area contributed by atoms with Crippen LogP contribution in [0.25, 0.3) is 0 Å². The number of aliphatic carboxylic acids is 2. The highest BCUT2D eigenvalue weighted by atomic mass is 16.4. The van der Waals surface area contributed by atoms with Gasteiger partial charge >= 0.3 is 11.9 Å². The van der Waals surface area contributed by atoms with Crippen LogP contribution in [0.2, 0.25) is 0 Å². The Labute approximate surface area is 285 Å². The van der Waals surface area contributed by atoms with E-state index in [4.69, 9.17) is 0 Å². The summed E-state index contributed by atoms with van der Waals surface area (Å²) in [5.74, 6) is -1.44. The van der Waals surface area contributed by atoms with E-state index in [1.54, 1.807) is 0 Å². The Bertz CT molecular complexity index is 1240. The molecule has 1 heterocycles. The van der Waals surface area contributed by atoms with Gasteiger partial charge in [0.15, 0.2) is 0 Å². The lowest BCUT2D eigenvalue weighted by Crippen LogP contribution is -2.48. The molecule has 1 atom stereocenters. The zero-order valence-electron chi connectivity index (χ0n) is 28.8. The van der Waals surface area contributed by atoms with Gasteiger partial charge in [0.2, 0.25) is 0 Å². The molecule has 0 radical (unpaired) electrons. The molecule has 0 spiro atoms. The summed E-state index contributed by atoms with van der Waals surface area (Å²) in [5, 5.41) is 22.3. The van der Waals surface area contributed by atoms with E-state index in [0.717, 1.165) is 30.5 Å². The highest BCUT2D eigenvalue weighted by Crippen LogP contribution is 2.11. The minimum atomic E-state index is -0.875. The van der Waals surface area contributed by atoms with Crippen molar-refractivity contribution in [1.82, 2.24) is 24.9 Å². The van der Waals surface area contributed by atoms with Crippen LogP contribution in [-0.4, -0.2) is 138 Å². The molecule has 264 valence electrons. The van der Waals surface area contributed by atoms with E-state index in [2.05, 4.69) is 29.3 Å². The van der Waals surface area contributed by atoms with E-state index in [0.29, 0.717) is 78.2 Å². The number of carboxylic acids is 2. The summed E-state index contributed by atoms with van der Waals surface area (Å²) < 4.78 is 0. The summed E-state index contributed by atoms with van der Waals surface area (Å²) in [6.07, 6.45) is 3.07.